The summed E-state index contributed by atoms with van der Waals surface area (Å²) in [6.45, 7) is 0.998. The maximum Gasteiger partial charge on any atom is 0.178 e. The molecule has 2 aromatic heterocycles. The zero-order valence-electron chi connectivity index (χ0n) is 11.7. The zero-order chi connectivity index (χ0) is 13.6. The molecule has 0 saturated heterocycles. The second-order valence-corrected chi connectivity index (χ2v) is 5.43. The van der Waals surface area contributed by atoms with E-state index in [0.717, 1.165) is 24.0 Å². The third-order valence-corrected chi connectivity index (χ3v) is 4.02. The Morgan fingerprint density at radius 3 is 2.95 bits per heavy atom. The van der Waals surface area contributed by atoms with E-state index in [1.165, 1.54) is 44.9 Å². The molecule has 1 aliphatic carbocycles. The smallest absolute Gasteiger partial charge is 0.178 e. The Morgan fingerprint density at radius 2 is 2.15 bits per heavy atom. The van der Waals surface area contributed by atoms with Gasteiger partial charge in [-0.25, -0.2) is 14.6 Å². The van der Waals surface area contributed by atoms with Crippen LogP contribution in [0, 0.1) is 5.92 Å². The van der Waals surface area contributed by atoms with Crippen molar-refractivity contribution in [2.24, 2.45) is 5.92 Å². The largest absolute Gasteiger partial charge is 0.382 e. The van der Waals surface area contributed by atoms with Crippen molar-refractivity contribution >= 4 is 5.69 Å². The summed E-state index contributed by atoms with van der Waals surface area (Å²) in [5, 5.41) is 7.65. The van der Waals surface area contributed by atoms with E-state index in [9.17, 15) is 0 Å². The Labute approximate surface area is 119 Å². The highest BCUT2D eigenvalue weighted by atomic mass is 15.3. The Kier molecular flexibility index (Phi) is 4.25. The molecule has 5 nitrogen and oxygen atoms in total. The van der Waals surface area contributed by atoms with Gasteiger partial charge in [0.05, 0.1) is 5.69 Å². The van der Waals surface area contributed by atoms with Crippen LogP contribution < -0.4 is 5.32 Å². The third kappa shape index (κ3) is 3.15. The molecule has 1 N–H and O–H groups in total. The molecule has 5 heteroatoms. The Bertz CT molecular complexity index is 517. The van der Waals surface area contributed by atoms with Crippen molar-refractivity contribution in [3.8, 4) is 5.82 Å². The van der Waals surface area contributed by atoms with E-state index in [4.69, 9.17) is 0 Å². The predicted octanol–water partition coefficient (Wildman–Crippen LogP) is 3.04. The summed E-state index contributed by atoms with van der Waals surface area (Å²) in [5.41, 5.74) is 1.02. The van der Waals surface area contributed by atoms with Crippen LogP contribution in [0.15, 0.2) is 31.0 Å². The van der Waals surface area contributed by atoms with Gasteiger partial charge in [0.2, 0.25) is 0 Å². The lowest BCUT2D eigenvalue weighted by Crippen LogP contribution is -2.13. The second kappa shape index (κ2) is 6.50. The molecule has 0 aliphatic heterocycles. The molecule has 0 radical (unpaired) electrons. The highest BCUT2D eigenvalue weighted by molar-refractivity contribution is 5.55. The van der Waals surface area contributed by atoms with Gasteiger partial charge in [0.25, 0.3) is 0 Å². The zero-order valence-corrected chi connectivity index (χ0v) is 11.7. The first kappa shape index (κ1) is 13.1. The SMILES string of the molecule is c1cnc(-n2cncn2)c(NCCC2CCCCC2)c1. The van der Waals surface area contributed by atoms with Crippen LogP contribution in [0.5, 0.6) is 0 Å². The quantitative estimate of drug-likeness (QED) is 0.908. The molecule has 1 saturated carbocycles. The van der Waals surface area contributed by atoms with Gasteiger partial charge in [0.15, 0.2) is 5.82 Å². The van der Waals surface area contributed by atoms with E-state index in [2.05, 4.69) is 20.4 Å². The van der Waals surface area contributed by atoms with Gasteiger partial charge in [-0.15, -0.1) is 0 Å². The number of aromatic nitrogens is 4. The first-order chi connectivity index (χ1) is 9.93. The molecule has 0 spiro atoms. The monoisotopic (exact) mass is 271 g/mol. The van der Waals surface area contributed by atoms with Crippen molar-refractivity contribution in [2.75, 3.05) is 11.9 Å². The summed E-state index contributed by atoms with van der Waals surface area (Å²) in [6, 6.07) is 3.99. The summed E-state index contributed by atoms with van der Waals surface area (Å²) in [7, 11) is 0. The van der Waals surface area contributed by atoms with E-state index < -0.39 is 0 Å². The molecular formula is C15H21N5. The summed E-state index contributed by atoms with van der Waals surface area (Å²) in [4.78, 5) is 8.36. The second-order valence-electron chi connectivity index (χ2n) is 5.43. The average molecular weight is 271 g/mol. The summed E-state index contributed by atoms with van der Waals surface area (Å²) < 4.78 is 1.70. The van der Waals surface area contributed by atoms with Crippen molar-refractivity contribution in [3.05, 3.63) is 31.0 Å². The number of nitrogens with zero attached hydrogens (tertiary/aromatic N) is 4. The highest BCUT2D eigenvalue weighted by Crippen LogP contribution is 2.26. The van der Waals surface area contributed by atoms with Crippen LogP contribution in [0.2, 0.25) is 0 Å². The van der Waals surface area contributed by atoms with Crippen LogP contribution >= 0.6 is 0 Å². The van der Waals surface area contributed by atoms with Gasteiger partial charge in [-0.1, -0.05) is 32.1 Å². The molecule has 0 bridgehead atoms. The van der Waals surface area contributed by atoms with Crippen LogP contribution in [0.4, 0.5) is 5.69 Å². The molecule has 1 aliphatic rings. The van der Waals surface area contributed by atoms with Crippen LogP contribution in [0.1, 0.15) is 38.5 Å². The maximum atomic E-state index is 4.38. The molecule has 0 atom stereocenters. The fourth-order valence-electron chi connectivity index (χ4n) is 2.92. The van der Waals surface area contributed by atoms with Crippen LogP contribution in [-0.4, -0.2) is 26.3 Å². The minimum absolute atomic E-state index is 0.814. The van der Waals surface area contributed by atoms with Crippen molar-refractivity contribution in [1.29, 1.82) is 0 Å². The molecule has 3 rings (SSSR count). The standard InChI is InChI=1S/C15H21N5/c1-2-5-13(6-3-1)8-10-17-14-7-4-9-18-15(14)20-12-16-11-19-20/h4,7,9,11-13,17H,1-3,5-6,8,10H2. The average Bonchev–Trinajstić information content (AvgIpc) is 3.03. The maximum absolute atomic E-state index is 4.38. The van der Waals surface area contributed by atoms with Gasteiger partial charge in [0, 0.05) is 12.7 Å². The van der Waals surface area contributed by atoms with Crippen molar-refractivity contribution in [3.63, 3.8) is 0 Å². The number of pyridine rings is 1. The minimum atomic E-state index is 0.814. The summed E-state index contributed by atoms with van der Waals surface area (Å²) in [6.07, 6.45) is 13.2. The van der Waals surface area contributed by atoms with Gasteiger partial charge in [-0.2, -0.15) is 5.10 Å². The van der Waals surface area contributed by atoms with E-state index in [1.54, 1.807) is 17.2 Å². The van der Waals surface area contributed by atoms with Crippen LogP contribution in [0.3, 0.4) is 0 Å². The topological polar surface area (TPSA) is 55.6 Å². The predicted molar refractivity (Wildman–Crippen MR) is 78.8 cm³/mol. The van der Waals surface area contributed by atoms with Gasteiger partial charge in [-0.3, -0.25) is 0 Å². The molecule has 106 valence electrons. The van der Waals surface area contributed by atoms with Gasteiger partial charge in [-0.05, 0) is 24.5 Å². The first-order valence-electron chi connectivity index (χ1n) is 7.47. The van der Waals surface area contributed by atoms with Crippen molar-refractivity contribution in [1.82, 2.24) is 19.7 Å². The van der Waals surface area contributed by atoms with E-state index in [-0.39, 0.29) is 0 Å². The molecule has 0 aromatic carbocycles. The Hall–Kier alpha value is -1.91. The molecule has 1 fully saturated rings. The lowest BCUT2D eigenvalue weighted by molar-refractivity contribution is 0.345. The lowest BCUT2D eigenvalue weighted by Gasteiger charge is -2.21. The molecular weight excluding hydrogens is 250 g/mol. The number of rotatable bonds is 5. The van der Waals surface area contributed by atoms with Gasteiger partial charge >= 0.3 is 0 Å². The summed E-state index contributed by atoms with van der Waals surface area (Å²) in [5.74, 6) is 1.70. The molecule has 0 unspecified atom stereocenters. The number of hydrogen-bond acceptors (Lipinski definition) is 4. The molecule has 0 amide bonds. The van der Waals surface area contributed by atoms with E-state index in [0.29, 0.717) is 0 Å². The number of hydrogen-bond donors (Lipinski definition) is 1. The Balaban J connectivity index is 1.60. The van der Waals surface area contributed by atoms with Gasteiger partial charge < -0.3 is 5.32 Å². The molecule has 2 heterocycles. The summed E-state index contributed by atoms with van der Waals surface area (Å²) >= 11 is 0. The minimum Gasteiger partial charge on any atom is -0.382 e. The van der Waals surface area contributed by atoms with Crippen molar-refractivity contribution in [2.45, 2.75) is 38.5 Å². The third-order valence-electron chi connectivity index (χ3n) is 4.02. The van der Waals surface area contributed by atoms with Gasteiger partial charge in [0.1, 0.15) is 12.7 Å². The van der Waals surface area contributed by atoms with E-state index in [1.807, 2.05) is 12.1 Å². The highest BCUT2D eigenvalue weighted by Gasteiger charge is 2.13. The normalized spacial score (nSPS) is 16.2. The molecule has 2 aromatic rings. The number of anilines is 1. The van der Waals surface area contributed by atoms with Crippen LogP contribution in [-0.2, 0) is 0 Å². The van der Waals surface area contributed by atoms with Crippen LogP contribution in [0.25, 0.3) is 5.82 Å². The Morgan fingerprint density at radius 1 is 1.25 bits per heavy atom. The first-order valence-corrected chi connectivity index (χ1v) is 7.47. The van der Waals surface area contributed by atoms with Crippen molar-refractivity contribution < 1.29 is 0 Å². The fourth-order valence-corrected chi connectivity index (χ4v) is 2.92. The molecule has 20 heavy (non-hydrogen) atoms. The fraction of sp³-hybridized carbons (Fsp3) is 0.533. The lowest BCUT2D eigenvalue weighted by atomic mass is 9.87. The number of nitrogens with one attached hydrogen (secondary N) is 1. The van der Waals surface area contributed by atoms with E-state index >= 15 is 0 Å².